The standard InChI is InChI=1S/C27H26FN3O3/c1-29-27(33)20-8-4-18(5-9-20)17-2-6-19(7-3-17)26-23(28)13-25-24(31-26)12-21(30-25)10-16-11-22(14-32)34-15-16/h2-9,12-13,16,22,30,32H,10-11,14-15H2,1H3,(H,29,33). The number of aliphatic hydroxyl groups excluding tert-OH is 1. The molecular weight excluding hydrogens is 433 g/mol. The molecule has 2 aromatic heterocycles. The molecule has 0 radical (unpaired) electrons. The molecule has 1 aliphatic heterocycles. The van der Waals surface area contributed by atoms with Crippen LogP contribution < -0.4 is 5.32 Å². The number of hydrogen-bond donors (Lipinski definition) is 3. The van der Waals surface area contributed by atoms with E-state index in [4.69, 9.17) is 4.74 Å². The quantitative estimate of drug-likeness (QED) is 0.400. The van der Waals surface area contributed by atoms with Gasteiger partial charge in [0.05, 0.1) is 30.4 Å². The minimum atomic E-state index is -0.381. The molecule has 7 heteroatoms. The maximum atomic E-state index is 14.9. The average Bonchev–Trinajstić information content (AvgIpc) is 3.49. The van der Waals surface area contributed by atoms with Crippen LogP contribution in [0.15, 0.2) is 60.7 Å². The van der Waals surface area contributed by atoms with Crippen LogP contribution in [0.5, 0.6) is 0 Å². The van der Waals surface area contributed by atoms with Gasteiger partial charge in [0.15, 0.2) is 5.82 Å². The number of H-pyrrole nitrogens is 1. The Bertz CT molecular complexity index is 1320. The first-order chi connectivity index (χ1) is 16.5. The Kier molecular flexibility index (Phi) is 6.13. The van der Waals surface area contributed by atoms with Crippen LogP contribution in [0, 0.1) is 11.7 Å². The zero-order valence-electron chi connectivity index (χ0n) is 18.8. The molecule has 3 N–H and O–H groups in total. The molecular formula is C27H26FN3O3. The summed E-state index contributed by atoms with van der Waals surface area (Å²) in [7, 11) is 1.60. The van der Waals surface area contributed by atoms with E-state index >= 15 is 0 Å². The van der Waals surface area contributed by atoms with Gasteiger partial charge >= 0.3 is 0 Å². The third-order valence-electron chi connectivity index (χ3n) is 6.35. The Morgan fingerprint density at radius 2 is 1.79 bits per heavy atom. The van der Waals surface area contributed by atoms with Gasteiger partial charge in [0.1, 0.15) is 5.69 Å². The number of nitrogens with one attached hydrogen (secondary N) is 2. The summed E-state index contributed by atoms with van der Waals surface area (Å²) in [4.78, 5) is 19.6. The molecule has 1 saturated heterocycles. The number of nitrogens with zero attached hydrogens (tertiary/aromatic N) is 1. The monoisotopic (exact) mass is 459 g/mol. The molecule has 34 heavy (non-hydrogen) atoms. The van der Waals surface area contributed by atoms with Gasteiger partial charge in [-0.05, 0) is 48.1 Å². The lowest BCUT2D eigenvalue weighted by Gasteiger charge is -2.07. The molecule has 0 aliphatic carbocycles. The summed E-state index contributed by atoms with van der Waals surface area (Å²) in [5, 5.41) is 11.9. The number of hydrogen-bond acceptors (Lipinski definition) is 4. The third-order valence-corrected chi connectivity index (χ3v) is 6.35. The first kappa shape index (κ1) is 22.3. The third kappa shape index (κ3) is 4.44. The molecule has 1 fully saturated rings. The van der Waals surface area contributed by atoms with Crippen molar-refractivity contribution in [2.24, 2.45) is 5.92 Å². The van der Waals surface area contributed by atoms with Crippen molar-refractivity contribution in [3.05, 3.63) is 77.7 Å². The van der Waals surface area contributed by atoms with Gasteiger partial charge in [0.2, 0.25) is 0 Å². The number of ether oxygens (including phenoxy) is 1. The molecule has 5 rings (SSSR count). The van der Waals surface area contributed by atoms with Crippen LogP contribution in [0.2, 0.25) is 0 Å². The summed E-state index contributed by atoms with van der Waals surface area (Å²) in [6.45, 7) is 0.661. The van der Waals surface area contributed by atoms with Crippen LogP contribution in [-0.2, 0) is 11.2 Å². The van der Waals surface area contributed by atoms with Crippen molar-refractivity contribution in [3.63, 3.8) is 0 Å². The summed E-state index contributed by atoms with van der Waals surface area (Å²) < 4.78 is 20.5. The van der Waals surface area contributed by atoms with E-state index in [-0.39, 0.29) is 24.4 Å². The zero-order chi connectivity index (χ0) is 23.7. The fourth-order valence-electron chi connectivity index (χ4n) is 4.54. The first-order valence-electron chi connectivity index (χ1n) is 11.4. The summed E-state index contributed by atoms with van der Waals surface area (Å²) in [6, 6.07) is 18.4. The molecule has 0 spiro atoms. The van der Waals surface area contributed by atoms with E-state index in [2.05, 4.69) is 15.3 Å². The van der Waals surface area contributed by atoms with Crippen molar-refractivity contribution in [2.75, 3.05) is 20.3 Å². The number of fused-ring (bicyclic) bond motifs is 1. The summed E-state index contributed by atoms with van der Waals surface area (Å²) >= 11 is 0. The van der Waals surface area contributed by atoms with Crippen LogP contribution >= 0.6 is 0 Å². The van der Waals surface area contributed by atoms with Crippen LogP contribution in [0.1, 0.15) is 22.5 Å². The van der Waals surface area contributed by atoms with Crippen molar-refractivity contribution in [3.8, 4) is 22.4 Å². The van der Waals surface area contributed by atoms with E-state index in [0.717, 1.165) is 35.2 Å². The number of aromatic nitrogens is 2. The van der Waals surface area contributed by atoms with Gasteiger partial charge in [0, 0.05) is 29.9 Å². The largest absolute Gasteiger partial charge is 0.394 e. The molecule has 1 aliphatic rings. The zero-order valence-corrected chi connectivity index (χ0v) is 18.8. The minimum Gasteiger partial charge on any atom is -0.394 e. The topological polar surface area (TPSA) is 87.2 Å². The van der Waals surface area contributed by atoms with E-state index in [0.29, 0.717) is 34.9 Å². The lowest BCUT2D eigenvalue weighted by molar-refractivity contribution is 0.0573. The Morgan fingerprint density at radius 3 is 2.44 bits per heavy atom. The molecule has 0 saturated carbocycles. The Balaban J connectivity index is 1.36. The van der Waals surface area contributed by atoms with Crippen molar-refractivity contribution >= 4 is 16.9 Å². The van der Waals surface area contributed by atoms with E-state index < -0.39 is 0 Å². The Hall–Kier alpha value is -3.55. The van der Waals surface area contributed by atoms with E-state index in [9.17, 15) is 14.3 Å². The van der Waals surface area contributed by atoms with Crippen molar-refractivity contribution in [1.82, 2.24) is 15.3 Å². The fourth-order valence-corrected chi connectivity index (χ4v) is 4.54. The molecule has 6 nitrogen and oxygen atoms in total. The molecule has 1 amide bonds. The lowest BCUT2D eigenvalue weighted by atomic mass is 10.0. The molecule has 174 valence electrons. The maximum absolute atomic E-state index is 14.9. The van der Waals surface area contributed by atoms with Gasteiger partial charge < -0.3 is 20.1 Å². The first-order valence-corrected chi connectivity index (χ1v) is 11.4. The highest BCUT2D eigenvalue weighted by Crippen LogP contribution is 2.29. The van der Waals surface area contributed by atoms with E-state index in [1.807, 2.05) is 42.5 Å². The fraction of sp³-hybridized carbons (Fsp3) is 0.259. The van der Waals surface area contributed by atoms with Crippen LogP contribution in [-0.4, -0.2) is 47.3 Å². The lowest BCUT2D eigenvalue weighted by Crippen LogP contribution is -2.17. The highest BCUT2D eigenvalue weighted by Gasteiger charge is 2.25. The molecule has 3 heterocycles. The number of aliphatic hydroxyl groups is 1. The normalized spacial score (nSPS) is 17.9. The van der Waals surface area contributed by atoms with Crippen molar-refractivity contribution in [2.45, 2.75) is 18.9 Å². The summed E-state index contributed by atoms with van der Waals surface area (Å²) in [5.41, 5.74) is 5.92. The Morgan fingerprint density at radius 1 is 1.12 bits per heavy atom. The van der Waals surface area contributed by atoms with Gasteiger partial charge in [-0.2, -0.15) is 0 Å². The number of benzene rings is 2. The van der Waals surface area contributed by atoms with E-state index in [1.54, 1.807) is 19.2 Å². The number of pyridine rings is 1. The highest BCUT2D eigenvalue weighted by atomic mass is 19.1. The van der Waals surface area contributed by atoms with Gasteiger partial charge in [-0.15, -0.1) is 0 Å². The molecule has 2 atom stereocenters. The SMILES string of the molecule is CNC(=O)c1ccc(-c2ccc(-c3nc4cc(CC5COC(CO)C5)[nH]c4cc3F)cc2)cc1. The predicted octanol–water partition coefficient (Wildman–Crippen LogP) is 4.34. The smallest absolute Gasteiger partial charge is 0.251 e. The van der Waals surface area contributed by atoms with Gasteiger partial charge in [-0.3, -0.25) is 4.79 Å². The molecule has 2 aromatic carbocycles. The van der Waals surface area contributed by atoms with Crippen LogP contribution in [0.3, 0.4) is 0 Å². The van der Waals surface area contributed by atoms with Crippen LogP contribution in [0.25, 0.3) is 33.4 Å². The van der Waals surface area contributed by atoms with Crippen LogP contribution in [0.4, 0.5) is 4.39 Å². The second-order valence-electron chi connectivity index (χ2n) is 8.72. The minimum absolute atomic E-state index is 0.0411. The maximum Gasteiger partial charge on any atom is 0.251 e. The summed E-state index contributed by atoms with van der Waals surface area (Å²) in [5.74, 6) is -0.182. The number of halogens is 1. The van der Waals surface area contributed by atoms with Gasteiger partial charge in [-0.1, -0.05) is 36.4 Å². The van der Waals surface area contributed by atoms with Crippen molar-refractivity contribution < 1.29 is 19.0 Å². The van der Waals surface area contributed by atoms with E-state index in [1.165, 1.54) is 6.07 Å². The number of rotatable bonds is 6. The van der Waals surface area contributed by atoms with Gasteiger partial charge in [-0.25, -0.2) is 9.37 Å². The second-order valence-corrected chi connectivity index (χ2v) is 8.72. The predicted molar refractivity (Wildman–Crippen MR) is 129 cm³/mol. The number of carbonyl (C=O) groups is 1. The highest BCUT2D eigenvalue weighted by molar-refractivity contribution is 5.94. The van der Waals surface area contributed by atoms with Crippen molar-refractivity contribution in [1.29, 1.82) is 0 Å². The van der Waals surface area contributed by atoms with Gasteiger partial charge in [0.25, 0.3) is 5.91 Å². The summed E-state index contributed by atoms with van der Waals surface area (Å²) in [6.07, 6.45) is 1.50. The average molecular weight is 460 g/mol. The number of aromatic amines is 1. The number of carbonyl (C=O) groups excluding carboxylic acids is 1. The molecule has 0 bridgehead atoms. The molecule has 4 aromatic rings. The second kappa shape index (κ2) is 9.37. The Labute approximate surface area is 196 Å². The number of amides is 1. The molecule has 2 unspecified atom stereocenters.